The van der Waals surface area contributed by atoms with Gasteiger partial charge >= 0.3 is 0 Å². The third-order valence-corrected chi connectivity index (χ3v) is 10.6. The van der Waals surface area contributed by atoms with Gasteiger partial charge in [0.1, 0.15) is 5.75 Å². The Kier molecular flexibility index (Phi) is 11.4. The highest BCUT2D eigenvalue weighted by Gasteiger charge is 2.51. The van der Waals surface area contributed by atoms with Gasteiger partial charge in [0.15, 0.2) is 0 Å². The van der Waals surface area contributed by atoms with E-state index in [1.807, 2.05) is 12.1 Å². The van der Waals surface area contributed by atoms with Crippen molar-refractivity contribution in [1.82, 2.24) is 15.1 Å². The van der Waals surface area contributed by atoms with Gasteiger partial charge in [-0.1, -0.05) is 43.3 Å². The van der Waals surface area contributed by atoms with Crippen molar-refractivity contribution in [3.8, 4) is 5.75 Å². The minimum atomic E-state index is -0.0277. The summed E-state index contributed by atoms with van der Waals surface area (Å²) in [5.74, 6) is 0.953. The predicted octanol–water partition coefficient (Wildman–Crippen LogP) is 6.61. The van der Waals surface area contributed by atoms with E-state index < -0.39 is 0 Å². The topological polar surface area (TPSA) is 55.8 Å². The van der Waals surface area contributed by atoms with Crippen LogP contribution in [0, 0.1) is 5.92 Å². The highest BCUT2D eigenvalue weighted by Crippen LogP contribution is 2.50. The van der Waals surface area contributed by atoms with Crippen LogP contribution in [0.2, 0.25) is 0 Å². The molecule has 3 aliphatic rings. The molecule has 2 N–H and O–H groups in total. The van der Waals surface area contributed by atoms with Gasteiger partial charge in [0.05, 0.1) is 0 Å². The first-order valence-electron chi connectivity index (χ1n) is 15.1. The summed E-state index contributed by atoms with van der Waals surface area (Å²) in [6.07, 6.45) is 6.94. The number of rotatable bonds is 9. The predicted molar refractivity (Wildman–Crippen MR) is 177 cm³/mol. The summed E-state index contributed by atoms with van der Waals surface area (Å²) in [6, 6.07) is 19.4. The molecule has 1 saturated heterocycles. The molecule has 2 bridgehead atoms. The summed E-state index contributed by atoms with van der Waals surface area (Å²) in [7, 11) is 0. The van der Waals surface area contributed by atoms with Crippen LogP contribution in [0.3, 0.4) is 0 Å². The molecule has 42 heavy (non-hydrogen) atoms. The molecule has 5 nitrogen and oxygen atoms in total. The Bertz CT molecular complexity index is 1310. The van der Waals surface area contributed by atoms with Gasteiger partial charge in [0.2, 0.25) is 5.91 Å². The summed E-state index contributed by atoms with van der Waals surface area (Å²) in [5.41, 5.74) is 5.49. The number of hydrogen-bond donors (Lipinski definition) is 2. The normalized spacial score (nSPS) is 25.5. The number of aryl methyl sites for hydroxylation is 1. The molecule has 2 aliphatic heterocycles. The number of aromatic hydroxyl groups is 1. The molecule has 1 amide bonds. The number of halogens is 2. The van der Waals surface area contributed by atoms with Gasteiger partial charge in [-0.3, -0.25) is 14.6 Å². The van der Waals surface area contributed by atoms with E-state index in [9.17, 15) is 9.90 Å². The Morgan fingerprint density at radius 2 is 1.90 bits per heavy atom. The first-order chi connectivity index (χ1) is 19.5. The number of fused-ring (bicyclic) bond motifs is 3. The summed E-state index contributed by atoms with van der Waals surface area (Å²) in [5, 5.41) is 18.3. The molecule has 228 valence electrons. The standard InChI is InChI=1S/C34H43N3O2S.2ClH/c1-25-22-37(14-5-6-26-13-17-40-24-26)31-19-30(20-34(25,21-31)29-9-4-10-32(38)18-29)35-33(39)12-16-36-15-11-27-7-2-3-8-28(27)23-36;;/h2-4,7-10,13,17-18,24-25,30-31,38H,5-6,11-12,14-16,19-23H2,1H3,(H,35,39);2*1H/t25-,30+,31+,34+;;/m1../s1. The number of hydrogen-bond acceptors (Lipinski definition) is 5. The maximum Gasteiger partial charge on any atom is 0.221 e. The lowest BCUT2D eigenvalue weighted by Crippen LogP contribution is -2.61. The second-order valence-electron chi connectivity index (χ2n) is 12.4. The van der Waals surface area contributed by atoms with E-state index in [4.69, 9.17) is 0 Å². The number of nitrogens with zero attached hydrogens (tertiary/aromatic N) is 2. The molecule has 3 heterocycles. The average Bonchev–Trinajstić information content (AvgIpc) is 3.48. The lowest BCUT2D eigenvalue weighted by molar-refractivity contribution is -0.123. The SMILES string of the molecule is C[C@@H]1CN(CCCc2ccsc2)[C@H]2C[C@H](NC(=O)CCN3CCc4ccccc4C3)C[C@]1(c1cccc(O)c1)C2.Cl.Cl. The molecule has 0 unspecified atom stereocenters. The minimum Gasteiger partial charge on any atom is -0.508 e. The van der Waals surface area contributed by atoms with Crippen molar-refractivity contribution in [2.75, 3.05) is 26.2 Å². The fourth-order valence-corrected chi connectivity index (χ4v) is 8.44. The highest BCUT2D eigenvalue weighted by molar-refractivity contribution is 7.07. The van der Waals surface area contributed by atoms with E-state index in [1.165, 1.54) is 22.3 Å². The fourth-order valence-electron chi connectivity index (χ4n) is 7.74. The van der Waals surface area contributed by atoms with E-state index in [1.54, 1.807) is 17.4 Å². The number of piperidine rings is 1. The van der Waals surface area contributed by atoms with Crippen LogP contribution in [-0.2, 0) is 29.6 Å². The third kappa shape index (κ3) is 7.34. The molecule has 2 aromatic carbocycles. The molecule has 6 rings (SSSR count). The largest absolute Gasteiger partial charge is 0.508 e. The van der Waals surface area contributed by atoms with Crippen LogP contribution in [0.25, 0.3) is 0 Å². The van der Waals surface area contributed by atoms with E-state index >= 15 is 0 Å². The number of phenols is 1. The highest BCUT2D eigenvalue weighted by atomic mass is 35.5. The Morgan fingerprint density at radius 3 is 2.69 bits per heavy atom. The van der Waals surface area contributed by atoms with Crippen molar-refractivity contribution in [3.05, 3.63) is 87.6 Å². The molecule has 8 heteroatoms. The Hall–Kier alpha value is -2.09. The van der Waals surface area contributed by atoms with Crippen LogP contribution in [0.5, 0.6) is 5.75 Å². The van der Waals surface area contributed by atoms with Crippen LogP contribution < -0.4 is 5.32 Å². The zero-order valence-electron chi connectivity index (χ0n) is 24.5. The number of nitrogens with one attached hydrogen (secondary N) is 1. The van der Waals surface area contributed by atoms with E-state index in [2.05, 4.69) is 69.2 Å². The summed E-state index contributed by atoms with van der Waals surface area (Å²) in [4.78, 5) is 18.4. The van der Waals surface area contributed by atoms with Crippen molar-refractivity contribution in [2.45, 2.75) is 75.9 Å². The van der Waals surface area contributed by atoms with E-state index in [0.29, 0.717) is 24.1 Å². The number of thiophene rings is 1. The number of benzene rings is 2. The molecule has 2 fully saturated rings. The van der Waals surface area contributed by atoms with Crippen molar-refractivity contribution in [1.29, 1.82) is 0 Å². The van der Waals surface area contributed by atoms with E-state index in [-0.39, 0.29) is 42.2 Å². The Morgan fingerprint density at radius 1 is 1.07 bits per heavy atom. The smallest absolute Gasteiger partial charge is 0.221 e. The number of likely N-dealkylation sites (tertiary alicyclic amines) is 1. The molecule has 1 aliphatic carbocycles. The van der Waals surface area contributed by atoms with Crippen LogP contribution >= 0.6 is 36.2 Å². The molecular weight excluding hydrogens is 585 g/mol. The first kappa shape index (κ1) is 32.8. The first-order valence-corrected chi connectivity index (χ1v) is 16.1. The summed E-state index contributed by atoms with van der Waals surface area (Å²) in [6.45, 7) is 7.31. The second kappa shape index (κ2) is 14.6. The van der Waals surface area contributed by atoms with Crippen molar-refractivity contribution >= 4 is 42.1 Å². The monoisotopic (exact) mass is 629 g/mol. The molecule has 3 aromatic rings. The molecular formula is C34H45Cl2N3O2S. The summed E-state index contributed by atoms with van der Waals surface area (Å²) >= 11 is 1.78. The van der Waals surface area contributed by atoms with Crippen molar-refractivity contribution in [2.24, 2.45) is 5.92 Å². The number of phenolic OH excluding ortho intramolecular Hbond substituents is 1. The fraction of sp³-hybridized carbons (Fsp3) is 0.500. The quantitative estimate of drug-likeness (QED) is 0.280. The van der Waals surface area contributed by atoms with E-state index in [0.717, 1.165) is 71.2 Å². The van der Waals surface area contributed by atoms with Crippen LogP contribution in [0.4, 0.5) is 0 Å². The summed E-state index contributed by atoms with van der Waals surface area (Å²) < 4.78 is 0. The maximum absolute atomic E-state index is 13.3. The number of carbonyl (C=O) groups excluding carboxylic acids is 1. The Labute approximate surface area is 267 Å². The van der Waals surface area contributed by atoms with Gasteiger partial charge in [-0.05, 0) is 102 Å². The molecule has 0 spiro atoms. The Balaban J connectivity index is 0.00000202. The van der Waals surface area contributed by atoms with Gasteiger partial charge in [-0.25, -0.2) is 0 Å². The van der Waals surface area contributed by atoms with Crippen LogP contribution in [0.15, 0.2) is 65.4 Å². The van der Waals surface area contributed by atoms with Gasteiger partial charge in [0, 0.05) is 50.1 Å². The van der Waals surface area contributed by atoms with Crippen molar-refractivity contribution in [3.63, 3.8) is 0 Å². The zero-order chi connectivity index (χ0) is 27.5. The number of carbonyl (C=O) groups is 1. The molecule has 1 saturated carbocycles. The maximum atomic E-state index is 13.3. The molecule has 0 radical (unpaired) electrons. The molecule has 1 aromatic heterocycles. The van der Waals surface area contributed by atoms with Crippen molar-refractivity contribution < 1.29 is 9.90 Å². The van der Waals surface area contributed by atoms with Gasteiger partial charge in [-0.2, -0.15) is 11.3 Å². The van der Waals surface area contributed by atoms with Gasteiger partial charge < -0.3 is 10.4 Å². The van der Waals surface area contributed by atoms with Gasteiger partial charge in [0.25, 0.3) is 0 Å². The molecule has 4 atom stereocenters. The van der Waals surface area contributed by atoms with Gasteiger partial charge in [-0.15, -0.1) is 24.8 Å². The lowest BCUT2D eigenvalue weighted by atomic mass is 9.57. The average molecular weight is 631 g/mol. The van der Waals surface area contributed by atoms with Crippen LogP contribution in [0.1, 0.15) is 61.3 Å². The second-order valence-corrected chi connectivity index (χ2v) is 13.2. The minimum absolute atomic E-state index is 0. The number of amides is 1. The zero-order valence-corrected chi connectivity index (χ0v) is 27.0. The lowest BCUT2D eigenvalue weighted by Gasteiger charge is -2.56. The van der Waals surface area contributed by atoms with Crippen LogP contribution in [-0.4, -0.2) is 59.1 Å². The third-order valence-electron chi connectivity index (χ3n) is 9.88.